The minimum atomic E-state index is -4.54. The highest BCUT2D eigenvalue weighted by Crippen LogP contribution is 2.38. The summed E-state index contributed by atoms with van der Waals surface area (Å²) in [6, 6.07) is 13.1. The fraction of sp³-hybridized carbons (Fsp3) is 0.0500. The summed E-state index contributed by atoms with van der Waals surface area (Å²) in [5.41, 5.74) is 0.395. The van der Waals surface area contributed by atoms with E-state index in [0.29, 0.717) is 11.2 Å². The van der Waals surface area contributed by atoms with Crippen molar-refractivity contribution in [3.63, 3.8) is 0 Å². The van der Waals surface area contributed by atoms with Crippen LogP contribution in [-0.2, 0) is 6.18 Å². The number of pyridine rings is 2. The molecule has 3 heterocycles. The Hall–Kier alpha value is -3.39. The van der Waals surface area contributed by atoms with E-state index in [0.717, 1.165) is 6.07 Å². The van der Waals surface area contributed by atoms with Gasteiger partial charge in [0.1, 0.15) is 5.69 Å². The summed E-state index contributed by atoms with van der Waals surface area (Å²) in [5, 5.41) is 7.09. The van der Waals surface area contributed by atoms with Crippen molar-refractivity contribution in [1.82, 2.24) is 14.6 Å². The zero-order chi connectivity index (χ0) is 20.6. The van der Waals surface area contributed by atoms with Gasteiger partial charge in [0, 0.05) is 16.8 Å². The minimum Gasteiger partial charge on any atom is -0.319 e. The van der Waals surface area contributed by atoms with Gasteiger partial charge in [-0.05, 0) is 48.5 Å². The number of alkyl halides is 3. The number of halogens is 4. The molecule has 4 aromatic rings. The van der Waals surface area contributed by atoms with Crippen molar-refractivity contribution < 1.29 is 18.0 Å². The molecule has 0 aliphatic rings. The quantitative estimate of drug-likeness (QED) is 0.491. The van der Waals surface area contributed by atoms with Gasteiger partial charge in [-0.25, -0.2) is 4.52 Å². The highest BCUT2D eigenvalue weighted by atomic mass is 35.5. The second kappa shape index (κ2) is 7.21. The van der Waals surface area contributed by atoms with Crippen molar-refractivity contribution >= 4 is 28.7 Å². The molecule has 0 unspecified atom stereocenters. The Morgan fingerprint density at radius 1 is 1.07 bits per heavy atom. The summed E-state index contributed by atoms with van der Waals surface area (Å²) in [4.78, 5) is 16.2. The molecule has 0 fully saturated rings. The molecule has 1 aromatic carbocycles. The SMILES string of the molecule is O=C(Nc1ccc2cc(-c3cc(Cl)ccc3C(F)(F)F)nn2c1)c1ccccn1. The first-order valence-corrected chi connectivity index (χ1v) is 8.78. The van der Waals surface area contributed by atoms with Gasteiger partial charge in [0.15, 0.2) is 0 Å². The van der Waals surface area contributed by atoms with E-state index in [1.54, 1.807) is 30.3 Å². The summed E-state index contributed by atoms with van der Waals surface area (Å²) in [6.07, 6.45) is -1.53. The van der Waals surface area contributed by atoms with Crippen LogP contribution in [0.3, 0.4) is 0 Å². The first-order chi connectivity index (χ1) is 13.8. The first-order valence-electron chi connectivity index (χ1n) is 8.40. The third kappa shape index (κ3) is 3.93. The van der Waals surface area contributed by atoms with Crippen LogP contribution in [0.4, 0.5) is 18.9 Å². The van der Waals surface area contributed by atoms with Crippen LogP contribution in [0.5, 0.6) is 0 Å². The molecule has 0 aliphatic heterocycles. The van der Waals surface area contributed by atoms with Gasteiger partial charge in [0.2, 0.25) is 0 Å². The highest BCUT2D eigenvalue weighted by Gasteiger charge is 2.34. The summed E-state index contributed by atoms with van der Waals surface area (Å²) >= 11 is 5.90. The van der Waals surface area contributed by atoms with E-state index in [1.807, 2.05) is 0 Å². The number of rotatable bonds is 3. The molecule has 0 atom stereocenters. The molecule has 0 aliphatic carbocycles. The molecule has 146 valence electrons. The highest BCUT2D eigenvalue weighted by molar-refractivity contribution is 6.30. The van der Waals surface area contributed by atoms with Crippen LogP contribution >= 0.6 is 11.6 Å². The Balaban J connectivity index is 1.70. The number of anilines is 1. The number of amides is 1. The number of carbonyl (C=O) groups excluding carboxylic acids is 1. The average Bonchev–Trinajstić information content (AvgIpc) is 3.11. The van der Waals surface area contributed by atoms with E-state index < -0.39 is 17.6 Å². The van der Waals surface area contributed by atoms with Crippen LogP contribution in [0.15, 0.2) is 67.0 Å². The summed E-state index contributed by atoms with van der Waals surface area (Å²) in [7, 11) is 0. The lowest BCUT2D eigenvalue weighted by Gasteiger charge is -2.11. The maximum absolute atomic E-state index is 13.4. The van der Waals surface area contributed by atoms with Crippen LogP contribution in [0, 0.1) is 0 Å². The number of benzene rings is 1. The zero-order valence-electron chi connectivity index (χ0n) is 14.6. The summed E-state index contributed by atoms with van der Waals surface area (Å²) in [5.74, 6) is -0.411. The zero-order valence-corrected chi connectivity index (χ0v) is 15.4. The van der Waals surface area contributed by atoms with Crippen molar-refractivity contribution in [2.24, 2.45) is 0 Å². The molecule has 5 nitrogen and oxygen atoms in total. The predicted octanol–water partition coefficient (Wildman–Crippen LogP) is 5.32. The normalized spacial score (nSPS) is 11.6. The fourth-order valence-corrected chi connectivity index (χ4v) is 3.03. The smallest absolute Gasteiger partial charge is 0.319 e. The largest absolute Gasteiger partial charge is 0.417 e. The van der Waals surface area contributed by atoms with Gasteiger partial charge >= 0.3 is 6.18 Å². The molecule has 9 heteroatoms. The molecule has 1 amide bonds. The Kier molecular flexibility index (Phi) is 4.71. The molecule has 0 bridgehead atoms. The minimum absolute atomic E-state index is 0.118. The van der Waals surface area contributed by atoms with Crippen LogP contribution < -0.4 is 5.32 Å². The molecule has 4 rings (SSSR count). The molecule has 0 radical (unpaired) electrons. The number of hydrogen-bond donors (Lipinski definition) is 1. The second-order valence-electron chi connectivity index (χ2n) is 6.17. The van der Waals surface area contributed by atoms with Crippen LogP contribution in [0.1, 0.15) is 16.1 Å². The van der Waals surface area contributed by atoms with E-state index in [-0.39, 0.29) is 22.0 Å². The van der Waals surface area contributed by atoms with E-state index in [4.69, 9.17) is 11.6 Å². The van der Waals surface area contributed by atoms with Gasteiger partial charge < -0.3 is 5.32 Å². The van der Waals surface area contributed by atoms with E-state index in [1.165, 1.54) is 35.1 Å². The van der Waals surface area contributed by atoms with E-state index in [2.05, 4.69) is 15.4 Å². The number of carbonyl (C=O) groups is 1. The molecule has 1 N–H and O–H groups in total. The number of hydrogen-bond acceptors (Lipinski definition) is 3. The van der Waals surface area contributed by atoms with Crippen molar-refractivity contribution in [1.29, 1.82) is 0 Å². The summed E-state index contributed by atoms with van der Waals surface area (Å²) in [6.45, 7) is 0. The Bertz CT molecular complexity index is 1210. The molecule has 0 spiro atoms. The predicted molar refractivity (Wildman–Crippen MR) is 103 cm³/mol. The standard InChI is InChI=1S/C20H12ClF3N4O/c21-12-4-7-16(20(22,23)24)15(9-12)18-10-14-6-5-13(11-28(14)27-18)26-19(29)17-3-1-2-8-25-17/h1-11H,(H,26,29). The Labute approximate surface area is 167 Å². The summed E-state index contributed by atoms with van der Waals surface area (Å²) < 4.78 is 41.5. The van der Waals surface area contributed by atoms with Gasteiger partial charge in [-0.2, -0.15) is 18.3 Å². The second-order valence-corrected chi connectivity index (χ2v) is 6.61. The van der Waals surface area contributed by atoms with Crippen molar-refractivity contribution in [2.45, 2.75) is 6.18 Å². The van der Waals surface area contributed by atoms with Gasteiger partial charge in [0.25, 0.3) is 5.91 Å². The van der Waals surface area contributed by atoms with Gasteiger partial charge in [-0.15, -0.1) is 0 Å². The van der Waals surface area contributed by atoms with Crippen LogP contribution in [0.2, 0.25) is 5.02 Å². The number of nitrogens with zero attached hydrogens (tertiary/aromatic N) is 3. The monoisotopic (exact) mass is 416 g/mol. The first kappa shape index (κ1) is 18.9. The van der Waals surface area contributed by atoms with Gasteiger partial charge in [0.05, 0.1) is 28.7 Å². The molecule has 0 saturated heterocycles. The topological polar surface area (TPSA) is 59.3 Å². The molecular formula is C20H12ClF3N4O. The van der Waals surface area contributed by atoms with Gasteiger partial charge in [-0.1, -0.05) is 17.7 Å². The van der Waals surface area contributed by atoms with Crippen molar-refractivity contribution in [3.05, 3.63) is 83.3 Å². The maximum atomic E-state index is 13.4. The maximum Gasteiger partial charge on any atom is 0.417 e. The molecule has 3 aromatic heterocycles. The molecule has 0 saturated carbocycles. The lowest BCUT2D eigenvalue weighted by atomic mass is 10.0. The van der Waals surface area contributed by atoms with Crippen molar-refractivity contribution in [3.8, 4) is 11.3 Å². The fourth-order valence-electron chi connectivity index (χ4n) is 2.86. The average molecular weight is 417 g/mol. The van der Waals surface area contributed by atoms with Gasteiger partial charge in [-0.3, -0.25) is 9.78 Å². The van der Waals surface area contributed by atoms with Crippen molar-refractivity contribution in [2.75, 3.05) is 5.32 Å². The number of fused-ring (bicyclic) bond motifs is 1. The third-order valence-corrected chi connectivity index (χ3v) is 4.41. The third-order valence-electron chi connectivity index (χ3n) is 4.18. The van der Waals surface area contributed by atoms with E-state index in [9.17, 15) is 18.0 Å². The number of nitrogens with one attached hydrogen (secondary N) is 1. The Morgan fingerprint density at radius 2 is 1.90 bits per heavy atom. The Morgan fingerprint density at radius 3 is 2.62 bits per heavy atom. The van der Waals surface area contributed by atoms with E-state index >= 15 is 0 Å². The molecular weight excluding hydrogens is 405 g/mol. The lowest BCUT2D eigenvalue weighted by Crippen LogP contribution is -2.13. The number of aromatic nitrogens is 3. The van der Waals surface area contributed by atoms with Crippen LogP contribution in [-0.4, -0.2) is 20.5 Å². The molecule has 29 heavy (non-hydrogen) atoms. The lowest BCUT2D eigenvalue weighted by molar-refractivity contribution is -0.137. The van der Waals surface area contributed by atoms with Crippen LogP contribution in [0.25, 0.3) is 16.8 Å².